The van der Waals surface area contributed by atoms with E-state index in [0.717, 1.165) is 60.8 Å². The van der Waals surface area contributed by atoms with Gasteiger partial charge in [-0.1, -0.05) is 65.5 Å². The minimum Gasteiger partial charge on any atom is 0 e. The average Bonchev–Trinajstić information content (AvgIpc) is 3.71. The van der Waals surface area contributed by atoms with Gasteiger partial charge in [0.15, 0.2) is 0 Å². The Balaban J connectivity index is 0.000000191. The van der Waals surface area contributed by atoms with Crippen molar-refractivity contribution >= 4 is 61.4 Å². The second kappa shape index (κ2) is 15.5. The number of furan rings is 1. The molecule has 54 heavy (non-hydrogen) atoms. The Morgan fingerprint density at radius 3 is 2.28 bits per heavy atom. The van der Waals surface area contributed by atoms with Gasteiger partial charge >= 0.3 is 120 Å². The predicted octanol–water partition coefficient (Wildman–Crippen LogP) is 12.0. The van der Waals surface area contributed by atoms with Gasteiger partial charge in [-0.15, -0.1) is 18.2 Å². The number of aromatic nitrogens is 3. The quantitative estimate of drug-likeness (QED) is 0.123. The van der Waals surface area contributed by atoms with Crippen molar-refractivity contribution < 1.29 is 30.3 Å². The number of pyridine rings is 1. The van der Waals surface area contributed by atoms with Crippen molar-refractivity contribution in [2.24, 2.45) is 0 Å². The van der Waals surface area contributed by atoms with Gasteiger partial charge in [-0.3, -0.25) is 4.98 Å². The molecule has 3 heterocycles. The third kappa shape index (κ3) is 7.43. The van der Waals surface area contributed by atoms with E-state index in [0.29, 0.717) is 17.7 Å². The van der Waals surface area contributed by atoms with Crippen molar-refractivity contribution in [3.63, 3.8) is 0 Å². The molecule has 0 aliphatic rings. The molecule has 0 amide bonds. The number of halogens is 1. The van der Waals surface area contributed by atoms with Gasteiger partial charge in [0.1, 0.15) is 11.4 Å². The zero-order chi connectivity index (χ0) is 37.6. The summed E-state index contributed by atoms with van der Waals surface area (Å²) < 4.78 is 32.0. The fourth-order valence-electron chi connectivity index (χ4n) is 6.98. The Kier molecular flexibility index (Phi) is 10.3. The summed E-state index contributed by atoms with van der Waals surface area (Å²) in [6, 6.07) is 48.0. The first-order valence-corrected chi connectivity index (χ1v) is 25.2. The minimum absolute atomic E-state index is 0. The van der Waals surface area contributed by atoms with Crippen LogP contribution in [0.1, 0.15) is 32.2 Å². The van der Waals surface area contributed by atoms with Crippen molar-refractivity contribution in [2.75, 3.05) is 0 Å². The van der Waals surface area contributed by atoms with Crippen molar-refractivity contribution in [1.29, 1.82) is 0 Å². The van der Waals surface area contributed by atoms with Gasteiger partial charge in [-0.05, 0) is 40.6 Å². The van der Waals surface area contributed by atoms with Crippen LogP contribution < -0.4 is 4.40 Å². The van der Waals surface area contributed by atoms with E-state index < -0.39 is 19.2 Å². The summed E-state index contributed by atoms with van der Waals surface area (Å²) >= 11 is -2.03. The third-order valence-corrected chi connectivity index (χ3v) is 13.9. The van der Waals surface area contributed by atoms with Crippen molar-refractivity contribution in [3.05, 3.63) is 163 Å². The molecule has 1 radical (unpaired) electrons. The van der Waals surface area contributed by atoms with Gasteiger partial charge in [0.25, 0.3) is 0 Å². The summed E-state index contributed by atoms with van der Waals surface area (Å²) in [5, 5.41) is 4.11. The van der Waals surface area contributed by atoms with Crippen LogP contribution in [0.5, 0.6) is 0 Å². The first-order chi connectivity index (χ1) is 25.9. The van der Waals surface area contributed by atoms with Crippen molar-refractivity contribution in [1.82, 2.24) is 14.5 Å². The number of benzene rings is 6. The minimum atomic E-state index is -2.03. The molecule has 0 fully saturated rings. The zero-order valence-corrected chi connectivity index (χ0v) is 35.4. The monoisotopic (exact) mass is 949 g/mol. The predicted molar refractivity (Wildman–Crippen MR) is 220 cm³/mol. The summed E-state index contributed by atoms with van der Waals surface area (Å²) in [6.45, 7) is 4.57. The van der Waals surface area contributed by atoms with Crippen molar-refractivity contribution in [3.8, 4) is 22.6 Å². The smallest absolute Gasteiger partial charge is 0 e. The number of hydrogen-bond donors (Lipinski definition) is 0. The van der Waals surface area contributed by atoms with Crippen LogP contribution in [0.25, 0.3) is 66.4 Å². The molecule has 0 unspecified atom stereocenters. The molecule has 9 aromatic rings. The Bertz CT molecular complexity index is 2790. The largest absolute Gasteiger partial charge is 0 e. The zero-order valence-electron chi connectivity index (χ0n) is 31.9. The summed E-state index contributed by atoms with van der Waals surface area (Å²) in [4.78, 5) is 9.69. The molecule has 0 atom stereocenters. The van der Waals surface area contributed by atoms with Crippen LogP contribution in [-0.4, -0.2) is 27.8 Å². The Hall–Kier alpha value is -4.88. The average molecular weight is 948 g/mol. The van der Waals surface area contributed by atoms with Crippen LogP contribution >= 0.6 is 0 Å². The van der Waals surface area contributed by atoms with E-state index in [4.69, 9.17) is 10.8 Å². The molecule has 0 aliphatic carbocycles. The molecule has 0 saturated carbocycles. The van der Waals surface area contributed by atoms with Gasteiger partial charge in [0.05, 0.1) is 22.4 Å². The summed E-state index contributed by atoms with van der Waals surface area (Å²) in [6.07, 6.45) is 2.00. The normalized spacial score (nSPS) is 12.1. The number of hydrogen-bond acceptors (Lipinski definition) is 3. The van der Waals surface area contributed by atoms with E-state index in [2.05, 4.69) is 87.5 Å². The molecule has 0 N–H and O–H groups in total. The molecular formula is C47H40FGeIrN3O-2. The van der Waals surface area contributed by atoms with E-state index in [9.17, 15) is 4.39 Å². The van der Waals surface area contributed by atoms with Crippen LogP contribution in [0.4, 0.5) is 4.39 Å². The van der Waals surface area contributed by atoms with Gasteiger partial charge < -0.3 is 8.98 Å². The van der Waals surface area contributed by atoms with Gasteiger partial charge in [0.2, 0.25) is 0 Å². The Morgan fingerprint density at radius 1 is 0.815 bits per heavy atom. The van der Waals surface area contributed by atoms with E-state index in [1.165, 1.54) is 22.1 Å². The van der Waals surface area contributed by atoms with Crippen LogP contribution in [0.3, 0.4) is 0 Å². The molecule has 271 valence electrons. The Morgan fingerprint density at radius 2 is 1.56 bits per heavy atom. The second-order valence-electron chi connectivity index (χ2n) is 14.7. The van der Waals surface area contributed by atoms with Crippen LogP contribution in [0.15, 0.2) is 138 Å². The molecule has 3 aromatic heterocycles. The molecule has 9 rings (SSSR count). The molecule has 0 bridgehead atoms. The Labute approximate surface area is 333 Å². The van der Waals surface area contributed by atoms with Crippen LogP contribution in [0, 0.1) is 17.9 Å². The van der Waals surface area contributed by atoms with E-state index in [1.54, 1.807) is 6.07 Å². The van der Waals surface area contributed by atoms with Crippen molar-refractivity contribution in [2.45, 2.75) is 43.6 Å². The standard InChI is InChI=1S/C30H18FN2O.C17H22GeN.Ir/c31-22-13-14-23-24-11-6-12-25(29(24)34-28(23)17-22)30-32-26-15-20-9-4-5-10-21(20)16-27(26)33(30)18-19-7-2-1-3-8-19;1-13(2)15-11-17(14-9-7-6-8-10-14)19-12-16(15)18(3,4)5;/h1-11,13-17H,18H2;6-9,11-13H,1-5H3;/q2*-1;/i;13D;. The van der Waals surface area contributed by atoms with E-state index in [-0.39, 0.29) is 25.9 Å². The van der Waals surface area contributed by atoms with Crippen LogP contribution in [-0.2, 0) is 26.7 Å². The molecule has 7 heteroatoms. The van der Waals surface area contributed by atoms with E-state index >= 15 is 0 Å². The molecule has 6 aromatic carbocycles. The topological polar surface area (TPSA) is 43.9 Å². The summed E-state index contributed by atoms with van der Waals surface area (Å²) in [5.74, 6) is 6.90. The van der Waals surface area contributed by atoms with Gasteiger partial charge in [-0.2, -0.15) is 0 Å². The number of fused-ring (bicyclic) bond motifs is 5. The maximum atomic E-state index is 13.9. The number of nitrogens with zero attached hydrogens (tertiary/aromatic N) is 3. The summed E-state index contributed by atoms with van der Waals surface area (Å²) in [5.41, 5.74) is 8.11. The molecule has 0 aliphatic heterocycles. The molecule has 4 nitrogen and oxygen atoms in total. The fraction of sp³-hybridized carbons (Fsp3) is 0.149. The molecule has 0 saturated heterocycles. The van der Waals surface area contributed by atoms with Crippen LogP contribution in [0.2, 0.25) is 17.3 Å². The van der Waals surface area contributed by atoms with E-state index in [1.807, 2.05) is 80.7 Å². The first-order valence-electron chi connectivity index (χ1n) is 18.4. The number of imidazole rings is 1. The molecule has 0 spiro atoms. The SMILES string of the molecule is Fc1ccc2c(c1)oc1c(-c3nc4cc5ccccc5cc4n3Cc3ccccc3)[c-]ccc12.[2H]C(C)(C)c1cc(-c2[c-]cccc2)nc[c]1[Ge]([CH3])([CH3])[CH3].[Ir]. The third-order valence-electron chi connectivity index (χ3n) is 9.65. The molecular weight excluding hydrogens is 906 g/mol. The maximum Gasteiger partial charge on any atom is 0 e. The van der Waals surface area contributed by atoms with Gasteiger partial charge in [-0.25, -0.2) is 4.39 Å². The fourth-order valence-corrected chi connectivity index (χ4v) is 10.3. The van der Waals surface area contributed by atoms with Gasteiger partial charge in [0, 0.05) is 38.1 Å². The maximum absolute atomic E-state index is 13.9. The second-order valence-corrected chi connectivity index (χ2v) is 25.2. The first kappa shape index (κ1) is 36.1. The number of rotatable bonds is 6. The summed E-state index contributed by atoms with van der Waals surface area (Å²) in [7, 11) is 0.